The fraction of sp³-hybridized carbons (Fsp3) is 0.292. The normalized spacial score (nSPS) is 22.0. The third kappa shape index (κ3) is 4.86. The van der Waals surface area contributed by atoms with E-state index in [1.807, 2.05) is 0 Å². The van der Waals surface area contributed by atoms with Gasteiger partial charge in [-0.3, -0.25) is 4.79 Å². The molecule has 0 aliphatic carbocycles. The van der Waals surface area contributed by atoms with Crippen molar-refractivity contribution < 1.29 is 22.7 Å². The molecule has 0 bridgehead atoms. The van der Waals surface area contributed by atoms with E-state index in [2.05, 4.69) is 20.2 Å². The molecule has 5 rings (SSSR count). The second-order valence-electron chi connectivity index (χ2n) is 8.76. The number of halogens is 5. The second kappa shape index (κ2) is 10.0. The van der Waals surface area contributed by atoms with E-state index >= 15 is 0 Å². The number of morpholine rings is 1. The summed E-state index contributed by atoms with van der Waals surface area (Å²) in [6, 6.07) is 8.33. The highest BCUT2D eigenvalue weighted by Crippen LogP contribution is 2.45. The lowest BCUT2D eigenvalue weighted by Gasteiger charge is -2.51. The lowest BCUT2D eigenvalue weighted by atomic mass is 9.83. The Morgan fingerprint density at radius 1 is 1.08 bits per heavy atom. The van der Waals surface area contributed by atoms with Gasteiger partial charge in [0.2, 0.25) is 0 Å². The van der Waals surface area contributed by atoms with Gasteiger partial charge in [0, 0.05) is 21.2 Å². The van der Waals surface area contributed by atoms with Crippen molar-refractivity contribution in [3.63, 3.8) is 0 Å². The molecule has 1 unspecified atom stereocenters. The van der Waals surface area contributed by atoms with Crippen LogP contribution in [0.1, 0.15) is 34.6 Å². The Hall–Kier alpha value is -3.48. The molecule has 2 aromatic carbocycles. The topological polar surface area (TPSA) is 91.0 Å². The van der Waals surface area contributed by atoms with Gasteiger partial charge in [-0.2, -0.15) is 23.4 Å². The van der Waals surface area contributed by atoms with E-state index in [1.54, 1.807) is 29.8 Å². The molecule has 4 aromatic rings. The van der Waals surface area contributed by atoms with Crippen LogP contribution >= 0.6 is 23.2 Å². The number of benzene rings is 2. The summed E-state index contributed by atoms with van der Waals surface area (Å²) in [4.78, 5) is 23.3. The van der Waals surface area contributed by atoms with E-state index in [9.17, 15) is 18.0 Å². The van der Waals surface area contributed by atoms with Crippen LogP contribution in [0, 0.1) is 0 Å². The lowest BCUT2D eigenvalue weighted by Crippen LogP contribution is -2.61. The summed E-state index contributed by atoms with van der Waals surface area (Å²) in [5.41, 5.74) is -1.54. The van der Waals surface area contributed by atoms with Gasteiger partial charge in [-0.1, -0.05) is 29.3 Å². The van der Waals surface area contributed by atoms with Gasteiger partial charge >= 0.3 is 6.18 Å². The summed E-state index contributed by atoms with van der Waals surface area (Å²) in [6.45, 7) is 1.91. The van der Waals surface area contributed by atoms with E-state index in [0.29, 0.717) is 15.6 Å². The molecule has 0 N–H and O–H groups in total. The molecule has 3 heterocycles. The summed E-state index contributed by atoms with van der Waals surface area (Å²) >= 11 is 12.9. The predicted molar refractivity (Wildman–Crippen MR) is 130 cm³/mol. The summed E-state index contributed by atoms with van der Waals surface area (Å²) in [5, 5.41) is 9.12. The molecule has 1 fully saturated rings. The Kier molecular flexibility index (Phi) is 6.88. The average molecular weight is 566 g/mol. The zero-order chi connectivity index (χ0) is 27.1. The number of hydrogen-bond donors (Lipinski definition) is 0. The Balaban J connectivity index is 1.63. The van der Waals surface area contributed by atoms with Gasteiger partial charge in [-0.05, 0) is 43.3 Å². The molecule has 2 aromatic heterocycles. The van der Waals surface area contributed by atoms with Crippen molar-refractivity contribution in [3.05, 3.63) is 94.5 Å². The number of alkyl halides is 3. The SMILES string of the molecule is C[C@H]1N(C(=O)c2ccc(C(F)(F)F)cc2)CC(n2cncn2)O[C@@]1(Cn1cncn1)c1ccc(Cl)cc1Cl. The average Bonchev–Trinajstić information content (AvgIpc) is 3.59. The Labute approximate surface area is 224 Å². The van der Waals surface area contributed by atoms with E-state index in [0.717, 1.165) is 24.3 Å². The maximum atomic E-state index is 13.8. The molecule has 1 aliphatic heterocycles. The van der Waals surface area contributed by atoms with Gasteiger partial charge in [0.05, 0.1) is 24.7 Å². The minimum Gasteiger partial charge on any atom is -0.339 e. The van der Waals surface area contributed by atoms with Crippen LogP contribution in [0.2, 0.25) is 10.0 Å². The van der Waals surface area contributed by atoms with Crippen molar-refractivity contribution in [2.45, 2.75) is 37.5 Å². The minimum atomic E-state index is -4.52. The number of ether oxygens (including phenoxy) is 1. The summed E-state index contributed by atoms with van der Waals surface area (Å²) < 4.78 is 49.1. The molecular weight excluding hydrogens is 546 g/mol. The van der Waals surface area contributed by atoms with Crippen LogP contribution in [0.4, 0.5) is 13.2 Å². The zero-order valence-electron chi connectivity index (χ0n) is 19.8. The molecule has 198 valence electrons. The first-order chi connectivity index (χ1) is 18.1. The maximum absolute atomic E-state index is 13.8. The van der Waals surface area contributed by atoms with Crippen molar-refractivity contribution in [1.82, 2.24) is 34.4 Å². The Morgan fingerprint density at radius 3 is 2.39 bits per heavy atom. The van der Waals surface area contributed by atoms with Gasteiger partial charge in [-0.25, -0.2) is 19.3 Å². The third-order valence-electron chi connectivity index (χ3n) is 6.54. The van der Waals surface area contributed by atoms with Crippen molar-refractivity contribution in [3.8, 4) is 0 Å². The Morgan fingerprint density at radius 2 is 1.79 bits per heavy atom. The first kappa shape index (κ1) is 26.1. The van der Waals surface area contributed by atoms with Crippen LogP contribution in [-0.4, -0.2) is 52.9 Å². The number of nitrogens with zero attached hydrogens (tertiary/aromatic N) is 7. The molecule has 38 heavy (non-hydrogen) atoms. The van der Waals surface area contributed by atoms with E-state index in [1.165, 1.54) is 34.9 Å². The third-order valence-corrected chi connectivity index (χ3v) is 7.09. The molecule has 9 nitrogen and oxygen atoms in total. The van der Waals surface area contributed by atoms with Gasteiger partial charge in [-0.15, -0.1) is 0 Å². The van der Waals surface area contributed by atoms with Crippen molar-refractivity contribution in [2.24, 2.45) is 0 Å². The molecule has 0 radical (unpaired) electrons. The van der Waals surface area contributed by atoms with Crippen LogP contribution < -0.4 is 0 Å². The van der Waals surface area contributed by atoms with Crippen molar-refractivity contribution >= 4 is 29.1 Å². The van der Waals surface area contributed by atoms with Gasteiger partial charge in [0.25, 0.3) is 5.91 Å². The first-order valence-corrected chi connectivity index (χ1v) is 12.1. The van der Waals surface area contributed by atoms with Crippen molar-refractivity contribution in [1.29, 1.82) is 0 Å². The second-order valence-corrected chi connectivity index (χ2v) is 9.61. The molecule has 1 amide bonds. The van der Waals surface area contributed by atoms with Crippen LogP contribution in [0.25, 0.3) is 0 Å². The fourth-order valence-electron chi connectivity index (χ4n) is 4.62. The highest BCUT2D eigenvalue weighted by molar-refractivity contribution is 6.35. The zero-order valence-corrected chi connectivity index (χ0v) is 21.3. The number of carbonyl (C=O) groups excluding carboxylic acids is 1. The first-order valence-electron chi connectivity index (χ1n) is 11.4. The molecule has 1 aliphatic rings. The molecule has 0 saturated carbocycles. The highest BCUT2D eigenvalue weighted by Gasteiger charge is 2.52. The standard InChI is InChI=1S/C24H20Cl2F3N7O2/c1-15-23(10-34-13-30-11-32-34,19-7-6-18(25)8-20(19)26)38-21(36-14-31-12-33-36)9-35(15)22(37)16-2-4-17(5-3-16)24(27,28)29/h2-8,11-15,21H,9-10H2,1H3/t15-,21?,23-/m1/s1. The minimum absolute atomic E-state index is 0.0364. The van der Waals surface area contributed by atoms with E-state index < -0.39 is 35.5 Å². The van der Waals surface area contributed by atoms with Gasteiger partial charge in [0.15, 0.2) is 6.23 Å². The highest BCUT2D eigenvalue weighted by atomic mass is 35.5. The quantitative estimate of drug-likeness (QED) is 0.343. The van der Waals surface area contributed by atoms with Crippen LogP contribution in [0.5, 0.6) is 0 Å². The number of amides is 1. The van der Waals surface area contributed by atoms with Crippen molar-refractivity contribution in [2.75, 3.05) is 6.54 Å². The smallest absolute Gasteiger partial charge is 0.339 e. The summed E-state index contributed by atoms with van der Waals surface area (Å²) in [5.74, 6) is -0.493. The summed E-state index contributed by atoms with van der Waals surface area (Å²) in [7, 11) is 0. The maximum Gasteiger partial charge on any atom is 0.416 e. The van der Waals surface area contributed by atoms with Gasteiger partial charge < -0.3 is 9.64 Å². The van der Waals surface area contributed by atoms with E-state index in [-0.39, 0.29) is 18.7 Å². The number of rotatable bonds is 5. The molecular formula is C24H20Cl2F3N7O2. The number of aromatic nitrogens is 6. The number of carbonyl (C=O) groups is 1. The van der Waals surface area contributed by atoms with Crippen LogP contribution in [0.15, 0.2) is 67.8 Å². The lowest BCUT2D eigenvalue weighted by molar-refractivity contribution is -0.216. The van der Waals surface area contributed by atoms with Crippen LogP contribution in [0.3, 0.4) is 0 Å². The Bertz CT molecular complexity index is 1420. The van der Waals surface area contributed by atoms with E-state index in [4.69, 9.17) is 27.9 Å². The molecule has 3 atom stereocenters. The molecule has 0 spiro atoms. The molecule has 14 heteroatoms. The number of hydrogen-bond acceptors (Lipinski definition) is 6. The summed E-state index contributed by atoms with van der Waals surface area (Å²) in [6.07, 6.45) is 0.308. The van der Waals surface area contributed by atoms with Crippen LogP contribution in [-0.2, 0) is 23.1 Å². The largest absolute Gasteiger partial charge is 0.416 e. The van der Waals surface area contributed by atoms with Gasteiger partial charge in [0.1, 0.15) is 30.9 Å². The molecule has 1 saturated heterocycles. The fourth-order valence-corrected chi connectivity index (χ4v) is 5.19. The predicted octanol–water partition coefficient (Wildman–Crippen LogP) is 4.85. The monoisotopic (exact) mass is 565 g/mol.